The number of rotatable bonds is 4. The number of aromatic nitrogens is 2. The lowest BCUT2D eigenvalue weighted by Gasteiger charge is -2.27. The van der Waals surface area contributed by atoms with Crippen LogP contribution in [0.3, 0.4) is 0 Å². The minimum atomic E-state index is -1.04. The highest BCUT2D eigenvalue weighted by atomic mass is 16.5. The van der Waals surface area contributed by atoms with Crippen LogP contribution in [0.5, 0.6) is 5.75 Å². The Morgan fingerprint density at radius 3 is 2.93 bits per heavy atom. The van der Waals surface area contributed by atoms with Gasteiger partial charge in [0.15, 0.2) is 11.9 Å². The summed E-state index contributed by atoms with van der Waals surface area (Å²) in [7, 11) is 1.75. The fraction of sp³-hybridized carbons (Fsp3) is 0.524. The molecular formula is C21H25N3O5. The van der Waals surface area contributed by atoms with E-state index in [0.29, 0.717) is 12.2 Å². The number of fused-ring (bicyclic) bond motifs is 3. The van der Waals surface area contributed by atoms with Crippen LogP contribution in [0.15, 0.2) is 18.2 Å². The van der Waals surface area contributed by atoms with Gasteiger partial charge in [-0.2, -0.15) is 5.10 Å². The van der Waals surface area contributed by atoms with Gasteiger partial charge in [-0.15, -0.1) is 0 Å². The molecule has 0 bridgehead atoms. The van der Waals surface area contributed by atoms with Crippen molar-refractivity contribution in [3.63, 3.8) is 0 Å². The first-order valence-corrected chi connectivity index (χ1v) is 10.2. The van der Waals surface area contributed by atoms with E-state index in [4.69, 9.17) is 14.2 Å². The first kappa shape index (κ1) is 18.4. The van der Waals surface area contributed by atoms with E-state index in [2.05, 4.69) is 16.1 Å². The van der Waals surface area contributed by atoms with Crippen LogP contribution in [0.2, 0.25) is 0 Å². The minimum absolute atomic E-state index is 0.0476. The molecule has 0 spiro atoms. The quantitative estimate of drug-likeness (QED) is 0.846. The number of carboxylic acids is 1. The first-order chi connectivity index (χ1) is 14.2. The highest BCUT2D eigenvalue weighted by Crippen LogP contribution is 2.43. The molecule has 1 aromatic carbocycles. The highest BCUT2D eigenvalue weighted by molar-refractivity contribution is 5.91. The highest BCUT2D eigenvalue weighted by Gasteiger charge is 2.33. The number of nitrogens with zero attached hydrogens (tertiary/aromatic N) is 3. The molecule has 29 heavy (non-hydrogen) atoms. The first-order valence-electron chi connectivity index (χ1n) is 10.2. The lowest BCUT2D eigenvalue weighted by Crippen LogP contribution is -2.23. The molecule has 0 radical (unpaired) electrons. The monoisotopic (exact) mass is 399 g/mol. The number of ether oxygens (including phenoxy) is 3. The van der Waals surface area contributed by atoms with E-state index >= 15 is 0 Å². The molecule has 8 heteroatoms. The largest absolute Gasteiger partial charge is 0.488 e. The van der Waals surface area contributed by atoms with E-state index in [9.17, 15) is 9.90 Å². The molecule has 2 fully saturated rings. The summed E-state index contributed by atoms with van der Waals surface area (Å²) in [5, 5.41) is 14.1. The van der Waals surface area contributed by atoms with Gasteiger partial charge in [-0.1, -0.05) is 0 Å². The van der Waals surface area contributed by atoms with Crippen LogP contribution >= 0.6 is 0 Å². The minimum Gasteiger partial charge on any atom is -0.488 e. The van der Waals surface area contributed by atoms with Crippen molar-refractivity contribution in [3.8, 4) is 17.0 Å². The summed E-state index contributed by atoms with van der Waals surface area (Å²) in [5.41, 5.74) is 3.43. The Hall–Kier alpha value is -2.58. The predicted molar refractivity (Wildman–Crippen MR) is 105 cm³/mol. The molecule has 5 rings (SSSR count). The third-order valence-corrected chi connectivity index (χ3v) is 6.08. The Kier molecular flexibility index (Phi) is 4.67. The maximum Gasteiger partial charge on any atom is 0.356 e. The molecule has 1 aromatic heterocycles. The maximum atomic E-state index is 11.8. The molecule has 1 unspecified atom stereocenters. The molecule has 154 valence electrons. The van der Waals surface area contributed by atoms with Crippen molar-refractivity contribution in [2.75, 3.05) is 31.7 Å². The summed E-state index contributed by atoms with van der Waals surface area (Å²) in [6, 6.07) is 6.11. The van der Waals surface area contributed by atoms with Crippen molar-refractivity contribution < 1.29 is 24.1 Å². The van der Waals surface area contributed by atoms with Crippen LogP contribution < -0.4 is 9.64 Å². The molecule has 0 saturated carbocycles. The van der Waals surface area contributed by atoms with Gasteiger partial charge in [-0.05, 0) is 37.8 Å². The van der Waals surface area contributed by atoms with Gasteiger partial charge >= 0.3 is 5.97 Å². The number of hydrogen-bond donors (Lipinski definition) is 1. The number of carboxylic acid groups (broad SMARTS) is 1. The van der Waals surface area contributed by atoms with Gasteiger partial charge in [0.1, 0.15) is 12.4 Å². The Morgan fingerprint density at radius 2 is 2.21 bits per heavy atom. The number of aromatic carboxylic acids is 1. The van der Waals surface area contributed by atoms with Gasteiger partial charge in [0.25, 0.3) is 0 Å². The standard InChI is InChI=1S/C21H25N3O5/c1-27-14-7-8-23(11-14)13-5-6-15-17(10-13)29-12-16-19(21(25)26)22-24(20(15)16)18-4-2-3-9-28-18/h5-6,10,14,18H,2-4,7-9,11-12H2,1H3,(H,25,26)/t14-,18?/m0/s1. The number of methoxy groups -OCH3 is 1. The fourth-order valence-corrected chi connectivity index (χ4v) is 4.52. The molecule has 3 aliphatic rings. The van der Waals surface area contributed by atoms with Crippen molar-refractivity contribution >= 4 is 11.7 Å². The number of carbonyl (C=O) groups is 1. The van der Waals surface area contributed by atoms with Crippen molar-refractivity contribution in [2.45, 2.75) is 44.6 Å². The van der Waals surface area contributed by atoms with Crippen LogP contribution in [0, 0.1) is 0 Å². The molecule has 2 aromatic rings. The average molecular weight is 399 g/mol. The lowest BCUT2D eigenvalue weighted by atomic mass is 10.0. The summed E-state index contributed by atoms with van der Waals surface area (Å²) < 4.78 is 19.1. The van der Waals surface area contributed by atoms with Crippen molar-refractivity contribution in [1.29, 1.82) is 0 Å². The van der Waals surface area contributed by atoms with Crippen LogP contribution in [0.4, 0.5) is 5.69 Å². The van der Waals surface area contributed by atoms with E-state index in [-0.39, 0.29) is 24.6 Å². The Balaban J connectivity index is 1.55. The van der Waals surface area contributed by atoms with E-state index in [0.717, 1.165) is 61.5 Å². The summed E-state index contributed by atoms with van der Waals surface area (Å²) in [4.78, 5) is 14.1. The predicted octanol–water partition coefficient (Wildman–Crippen LogP) is 3.06. The van der Waals surface area contributed by atoms with Crippen LogP contribution in [-0.4, -0.2) is 53.8 Å². The topological polar surface area (TPSA) is 86.0 Å². The second-order valence-corrected chi connectivity index (χ2v) is 7.81. The number of hydrogen-bond acceptors (Lipinski definition) is 6. The van der Waals surface area contributed by atoms with Gasteiger partial charge < -0.3 is 24.2 Å². The van der Waals surface area contributed by atoms with Gasteiger partial charge in [-0.3, -0.25) is 0 Å². The Labute approximate surface area is 169 Å². The summed E-state index contributed by atoms with van der Waals surface area (Å²) in [6.07, 6.45) is 3.91. The van der Waals surface area contributed by atoms with Gasteiger partial charge in [0, 0.05) is 44.1 Å². The van der Waals surface area contributed by atoms with Crippen LogP contribution in [-0.2, 0) is 16.1 Å². The second kappa shape index (κ2) is 7.35. The molecule has 3 aliphatic heterocycles. The van der Waals surface area contributed by atoms with Gasteiger partial charge in [0.05, 0.1) is 17.4 Å². The fourth-order valence-electron chi connectivity index (χ4n) is 4.52. The van der Waals surface area contributed by atoms with E-state index in [1.165, 1.54) is 0 Å². The molecule has 8 nitrogen and oxygen atoms in total. The molecule has 0 amide bonds. The third kappa shape index (κ3) is 3.16. The normalized spacial score (nSPS) is 23.4. The number of anilines is 1. The summed E-state index contributed by atoms with van der Waals surface area (Å²) in [6.45, 7) is 2.66. The molecule has 4 heterocycles. The molecule has 2 saturated heterocycles. The lowest BCUT2D eigenvalue weighted by molar-refractivity contribution is -0.0386. The Bertz CT molecular complexity index is 935. The smallest absolute Gasteiger partial charge is 0.356 e. The summed E-state index contributed by atoms with van der Waals surface area (Å²) in [5.74, 6) is -0.285. The number of benzene rings is 1. The molecular weight excluding hydrogens is 374 g/mol. The second-order valence-electron chi connectivity index (χ2n) is 7.81. The van der Waals surface area contributed by atoms with Gasteiger partial charge in [-0.25, -0.2) is 9.48 Å². The van der Waals surface area contributed by atoms with E-state index in [1.807, 2.05) is 12.1 Å². The molecule has 0 aliphatic carbocycles. The maximum absolute atomic E-state index is 11.8. The van der Waals surface area contributed by atoms with E-state index in [1.54, 1.807) is 11.8 Å². The zero-order chi connectivity index (χ0) is 20.0. The summed E-state index contributed by atoms with van der Waals surface area (Å²) >= 11 is 0. The third-order valence-electron chi connectivity index (χ3n) is 6.08. The van der Waals surface area contributed by atoms with Crippen molar-refractivity contribution in [3.05, 3.63) is 29.5 Å². The Morgan fingerprint density at radius 1 is 1.31 bits per heavy atom. The van der Waals surface area contributed by atoms with Crippen LogP contribution in [0.25, 0.3) is 11.3 Å². The molecule has 1 N–H and O–H groups in total. The zero-order valence-electron chi connectivity index (χ0n) is 16.5. The molecule has 2 atom stereocenters. The average Bonchev–Trinajstić information content (AvgIpc) is 3.39. The SMILES string of the molecule is CO[C@H]1CCN(c2ccc3c(c2)OCc2c(C(=O)O)nn(C4CCCCO4)c2-3)C1. The van der Waals surface area contributed by atoms with Crippen molar-refractivity contribution in [2.24, 2.45) is 0 Å². The zero-order valence-corrected chi connectivity index (χ0v) is 16.5. The van der Waals surface area contributed by atoms with Gasteiger partial charge in [0.2, 0.25) is 0 Å². The van der Waals surface area contributed by atoms with E-state index < -0.39 is 5.97 Å². The van der Waals surface area contributed by atoms with Crippen molar-refractivity contribution in [1.82, 2.24) is 9.78 Å². The van der Waals surface area contributed by atoms with Crippen LogP contribution in [0.1, 0.15) is 48.0 Å².